The van der Waals surface area contributed by atoms with Crippen molar-refractivity contribution in [1.82, 2.24) is 0 Å². The first-order valence-corrected chi connectivity index (χ1v) is 7.78. The van der Waals surface area contributed by atoms with Gasteiger partial charge in [-0.3, -0.25) is 9.59 Å². The van der Waals surface area contributed by atoms with Crippen molar-refractivity contribution >= 4 is 11.8 Å². The molecule has 0 spiro atoms. The zero-order valence-corrected chi connectivity index (χ0v) is 15.0. The van der Waals surface area contributed by atoms with Crippen molar-refractivity contribution < 1.29 is 24.5 Å². The van der Waals surface area contributed by atoms with E-state index in [-0.39, 0.29) is 24.2 Å². The molecule has 0 rings (SSSR count). The van der Waals surface area contributed by atoms with Crippen molar-refractivity contribution in [2.24, 2.45) is 10.8 Å². The summed E-state index contributed by atoms with van der Waals surface area (Å²) in [7, 11) is 0. The fourth-order valence-electron chi connectivity index (χ4n) is 1.64. The largest absolute Gasteiger partial charge is 0.465 e. The van der Waals surface area contributed by atoms with Gasteiger partial charge in [0.25, 0.3) is 0 Å². The average molecular weight is 326 g/mol. The fourth-order valence-corrected chi connectivity index (χ4v) is 1.64. The second-order valence-electron chi connectivity index (χ2n) is 7.06. The molecule has 0 saturated heterocycles. The average Bonchev–Trinajstić information content (AvgIpc) is 2.43. The van der Waals surface area contributed by atoms with Crippen LogP contribution in [0.1, 0.15) is 48.0 Å². The Morgan fingerprint density at radius 3 is 2.17 bits per heavy atom. The lowest BCUT2D eigenvalue weighted by molar-refractivity contribution is -0.149. The van der Waals surface area contributed by atoms with Gasteiger partial charge >= 0.3 is 5.97 Å². The molecule has 0 aromatic carbocycles. The Morgan fingerprint density at radius 1 is 1.13 bits per heavy atom. The molecule has 0 amide bonds. The van der Waals surface area contributed by atoms with Gasteiger partial charge in [0.1, 0.15) is 12.7 Å². The van der Waals surface area contributed by atoms with E-state index in [4.69, 9.17) is 4.74 Å². The van der Waals surface area contributed by atoms with Crippen LogP contribution in [0, 0.1) is 10.8 Å². The maximum atomic E-state index is 12.2. The highest BCUT2D eigenvalue weighted by Crippen LogP contribution is 2.22. The maximum Gasteiger partial charge on any atom is 0.302 e. The Morgan fingerprint density at radius 2 is 1.70 bits per heavy atom. The Balaban J connectivity index is 4.51. The summed E-state index contributed by atoms with van der Waals surface area (Å²) >= 11 is 0. The van der Waals surface area contributed by atoms with Crippen molar-refractivity contribution in [3.05, 3.63) is 24.3 Å². The van der Waals surface area contributed by atoms with Crippen LogP contribution in [-0.4, -0.2) is 40.8 Å². The Kier molecular flexibility index (Phi) is 8.42. The highest BCUT2D eigenvalue weighted by Gasteiger charge is 2.33. The Hall–Kier alpha value is -1.46. The molecule has 0 aromatic rings. The van der Waals surface area contributed by atoms with Gasteiger partial charge in [0.15, 0.2) is 5.78 Å². The first-order chi connectivity index (χ1) is 10.4. The van der Waals surface area contributed by atoms with Crippen LogP contribution in [0.15, 0.2) is 24.3 Å². The number of allylic oxidation sites excluding steroid dienone is 2. The van der Waals surface area contributed by atoms with Gasteiger partial charge in [0, 0.05) is 12.3 Å². The minimum Gasteiger partial charge on any atom is -0.465 e. The number of esters is 1. The molecule has 132 valence electrons. The highest BCUT2D eigenvalue weighted by molar-refractivity contribution is 5.88. The van der Waals surface area contributed by atoms with Gasteiger partial charge in [0.2, 0.25) is 0 Å². The summed E-state index contributed by atoms with van der Waals surface area (Å²) in [5.41, 5.74) is -1.27. The number of carbonyl (C=O) groups excluding carboxylic acids is 2. The molecular weight excluding hydrogens is 296 g/mol. The molecule has 0 fully saturated rings. The predicted molar refractivity (Wildman–Crippen MR) is 89.8 cm³/mol. The summed E-state index contributed by atoms with van der Waals surface area (Å²) in [4.78, 5) is 23.0. The minimum absolute atomic E-state index is 0.0512. The van der Waals surface area contributed by atoms with Gasteiger partial charge in [-0.25, -0.2) is 0 Å². The van der Waals surface area contributed by atoms with E-state index in [0.29, 0.717) is 0 Å². The van der Waals surface area contributed by atoms with E-state index >= 15 is 0 Å². The summed E-state index contributed by atoms with van der Waals surface area (Å²) in [6.07, 6.45) is 5.65. The first kappa shape index (κ1) is 21.5. The minimum atomic E-state index is -1.14. The molecule has 23 heavy (non-hydrogen) atoms. The topological polar surface area (TPSA) is 83.8 Å². The summed E-state index contributed by atoms with van der Waals surface area (Å²) in [5.74, 6) is -0.817. The lowest BCUT2D eigenvalue weighted by Crippen LogP contribution is -2.38. The molecule has 0 aliphatic heterocycles. The third-order valence-electron chi connectivity index (χ3n) is 3.82. The van der Waals surface area contributed by atoms with Crippen LogP contribution < -0.4 is 0 Å². The second kappa shape index (κ2) is 8.99. The van der Waals surface area contributed by atoms with E-state index < -0.39 is 23.6 Å². The first-order valence-electron chi connectivity index (χ1n) is 7.78. The van der Waals surface area contributed by atoms with E-state index in [0.717, 1.165) is 0 Å². The SMILES string of the molecule is CC(=O)OCC(C)(C)C(=O)C(O)CC=CC=CC(C)(C)C(C)O. The summed E-state index contributed by atoms with van der Waals surface area (Å²) in [5, 5.41) is 19.5. The van der Waals surface area contributed by atoms with Crippen molar-refractivity contribution in [2.45, 2.75) is 60.2 Å². The molecule has 0 saturated carbocycles. The predicted octanol–water partition coefficient (Wildman–Crippen LogP) is 2.42. The van der Waals surface area contributed by atoms with E-state index in [1.54, 1.807) is 39.0 Å². The zero-order chi connectivity index (χ0) is 18.3. The number of aliphatic hydroxyl groups is 2. The molecule has 0 radical (unpaired) electrons. The lowest BCUT2D eigenvalue weighted by Gasteiger charge is -2.24. The second-order valence-corrected chi connectivity index (χ2v) is 7.06. The highest BCUT2D eigenvalue weighted by atomic mass is 16.5. The number of aliphatic hydroxyl groups excluding tert-OH is 2. The molecule has 0 aliphatic rings. The maximum absolute atomic E-state index is 12.2. The zero-order valence-electron chi connectivity index (χ0n) is 15.0. The molecule has 0 bridgehead atoms. The van der Waals surface area contributed by atoms with Crippen LogP contribution in [0.25, 0.3) is 0 Å². The van der Waals surface area contributed by atoms with Gasteiger partial charge in [-0.1, -0.05) is 38.2 Å². The normalized spacial score (nSPS) is 15.8. The number of hydrogen-bond donors (Lipinski definition) is 2. The summed E-state index contributed by atoms with van der Waals surface area (Å²) in [6, 6.07) is 0. The monoisotopic (exact) mass is 326 g/mol. The van der Waals surface area contributed by atoms with Gasteiger partial charge in [0.05, 0.1) is 11.5 Å². The number of ether oxygens (including phenoxy) is 1. The number of Topliss-reactive ketones (excluding diaryl/α,β-unsaturated/α-hetero) is 1. The molecule has 2 atom stereocenters. The molecule has 0 aliphatic carbocycles. The van der Waals surface area contributed by atoms with E-state index in [2.05, 4.69) is 0 Å². The van der Waals surface area contributed by atoms with Gasteiger partial charge in [-0.05, 0) is 27.2 Å². The standard InChI is InChI=1S/C18H30O5/c1-13(19)17(3,4)11-9-7-8-10-15(21)16(22)18(5,6)12-23-14(2)20/h7-9,11,13,15,19,21H,10,12H2,1-6H3. The Bertz CT molecular complexity index is 458. The van der Waals surface area contributed by atoms with E-state index in [1.807, 2.05) is 19.9 Å². The van der Waals surface area contributed by atoms with Crippen LogP contribution in [-0.2, 0) is 14.3 Å². The molecule has 0 aromatic heterocycles. The van der Waals surface area contributed by atoms with Gasteiger partial charge < -0.3 is 14.9 Å². The van der Waals surface area contributed by atoms with Gasteiger partial charge in [-0.2, -0.15) is 0 Å². The smallest absolute Gasteiger partial charge is 0.302 e. The van der Waals surface area contributed by atoms with Crippen LogP contribution in [0.5, 0.6) is 0 Å². The number of rotatable bonds is 9. The molecule has 0 heterocycles. The van der Waals surface area contributed by atoms with Crippen molar-refractivity contribution in [1.29, 1.82) is 0 Å². The van der Waals surface area contributed by atoms with E-state index in [1.165, 1.54) is 6.92 Å². The molecule has 2 N–H and O–H groups in total. The van der Waals surface area contributed by atoms with Gasteiger partial charge in [-0.15, -0.1) is 0 Å². The molecule has 5 heteroatoms. The molecule has 2 unspecified atom stereocenters. The van der Waals surface area contributed by atoms with Crippen molar-refractivity contribution in [3.8, 4) is 0 Å². The number of ketones is 1. The van der Waals surface area contributed by atoms with Crippen LogP contribution in [0.4, 0.5) is 0 Å². The van der Waals surface area contributed by atoms with Crippen LogP contribution in [0.3, 0.4) is 0 Å². The van der Waals surface area contributed by atoms with Crippen molar-refractivity contribution in [2.75, 3.05) is 6.61 Å². The Labute approximate surface area is 139 Å². The molecule has 5 nitrogen and oxygen atoms in total. The third kappa shape index (κ3) is 8.09. The quantitative estimate of drug-likeness (QED) is 0.502. The summed E-state index contributed by atoms with van der Waals surface area (Å²) < 4.78 is 4.86. The van der Waals surface area contributed by atoms with Crippen molar-refractivity contribution in [3.63, 3.8) is 0 Å². The van der Waals surface area contributed by atoms with Crippen LogP contribution in [0.2, 0.25) is 0 Å². The third-order valence-corrected chi connectivity index (χ3v) is 3.82. The summed E-state index contributed by atoms with van der Waals surface area (Å²) in [6.45, 7) is 10.1. The molecular formula is C18H30O5. The fraction of sp³-hybridized carbons (Fsp3) is 0.667. The number of carbonyl (C=O) groups is 2. The van der Waals surface area contributed by atoms with E-state index in [9.17, 15) is 19.8 Å². The lowest BCUT2D eigenvalue weighted by atomic mass is 9.85. The number of hydrogen-bond acceptors (Lipinski definition) is 5. The van der Waals surface area contributed by atoms with Crippen LogP contribution >= 0.6 is 0 Å².